The Labute approximate surface area is 92.6 Å². The van der Waals surface area contributed by atoms with E-state index in [2.05, 4.69) is 23.7 Å². The van der Waals surface area contributed by atoms with E-state index in [1.807, 2.05) is 0 Å². The van der Waals surface area contributed by atoms with Crippen LogP contribution in [0.15, 0.2) is 6.20 Å². The summed E-state index contributed by atoms with van der Waals surface area (Å²) in [6.45, 7) is 6.40. The van der Waals surface area contributed by atoms with Crippen molar-refractivity contribution in [3.63, 3.8) is 0 Å². The van der Waals surface area contributed by atoms with E-state index in [0.29, 0.717) is 16.7 Å². The van der Waals surface area contributed by atoms with Crippen molar-refractivity contribution in [2.24, 2.45) is 11.8 Å². The lowest BCUT2D eigenvalue weighted by Gasteiger charge is -2.13. The van der Waals surface area contributed by atoms with Crippen LogP contribution in [0.1, 0.15) is 23.5 Å². The number of thiazole rings is 1. The van der Waals surface area contributed by atoms with Crippen LogP contribution in [0.2, 0.25) is 0 Å². The topological polar surface area (TPSA) is 53.4 Å². The van der Waals surface area contributed by atoms with Crippen molar-refractivity contribution in [2.45, 2.75) is 13.8 Å². The number of hydrogen-bond donors (Lipinski definition) is 1. The summed E-state index contributed by atoms with van der Waals surface area (Å²) in [6.07, 6.45) is 1.44. The van der Waals surface area contributed by atoms with Gasteiger partial charge in [-0.15, -0.1) is 0 Å². The molecule has 1 fully saturated rings. The fraction of sp³-hybridized carbons (Fsp3) is 0.600. The molecule has 1 aliphatic heterocycles. The third-order valence-corrected chi connectivity index (χ3v) is 4.01. The molecule has 1 N–H and O–H groups in total. The Morgan fingerprint density at radius 2 is 2.13 bits per heavy atom. The third kappa shape index (κ3) is 1.97. The van der Waals surface area contributed by atoms with Gasteiger partial charge in [-0.3, -0.25) is 0 Å². The molecule has 15 heavy (non-hydrogen) atoms. The van der Waals surface area contributed by atoms with Crippen LogP contribution in [0.4, 0.5) is 5.13 Å². The molecular formula is C10H14N2O2S. The highest BCUT2D eigenvalue weighted by molar-refractivity contribution is 7.17. The lowest BCUT2D eigenvalue weighted by molar-refractivity contribution is 0.0702. The quantitative estimate of drug-likeness (QED) is 0.837. The Morgan fingerprint density at radius 1 is 1.53 bits per heavy atom. The standard InChI is InChI=1S/C10H14N2O2S/c1-6-4-12(5-7(6)2)10-11-3-8(15-10)9(13)14/h3,6-7H,4-5H2,1-2H3,(H,13,14). The molecule has 0 bridgehead atoms. The number of carboxylic acid groups (broad SMARTS) is 1. The van der Waals surface area contributed by atoms with E-state index in [9.17, 15) is 4.79 Å². The van der Waals surface area contributed by atoms with E-state index < -0.39 is 5.97 Å². The smallest absolute Gasteiger partial charge is 0.347 e. The minimum atomic E-state index is -0.890. The number of carboxylic acids is 1. The first-order chi connectivity index (χ1) is 7.08. The van der Waals surface area contributed by atoms with Crippen LogP contribution in [0.5, 0.6) is 0 Å². The molecule has 0 saturated carbocycles. The third-order valence-electron chi connectivity index (χ3n) is 2.96. The van der Waals surface area contributed by atoms with Crippen molar-refractivity contribution in [2.75, 3.05) is 18.0 Å². The van der Waals surface area contributed by atoms with Crippen molar-refractivity contribution in [1.29, 1.82) is 0 Å². The second kappa shape index (κ2) is 3.81. The van der Waals surface area contributed by atoms with Gasteiger partial charge in [0.15, 0.2) is 5.13 Å². The van der Waals surface area contributed by atoms with E-state index in [4.69, 9.17) is 5.11 Å². The number of hydrogen-bond acceptors (Lipinski definition) is 4. The highest BCUT2D eigenvalue weighted by atomic mass is 32.1. The summed E-state index contributed by atoms with van der Waals surface area (Å²) in [4.78, 5) is 17.4. The van der Waals surface area contributed by atoms with E-state index >= 15 is 0 Å². The van der Waals surface area contributed by atoms with Crippen molar-refractivity contribution in [3.8, 4) is 0 Å². The zero-order valence-electron chi connectivity index (χ0n) is 8.80. The van der Waals surface area contributed by atoms with Crippen LogP contribution in [-0.4, -0.2) is 29.1 Å². The Kier molecular flexibility index (Phi) is 2.65. The predicted octanol–water partition coefficient (Wildman–Crippen LogP) is 1.93. The summed E-state index contributed by atoms with van der Waals surface area (Å²) in [6, 6.07) is 0. The first-order valence-corrected chi connectivity index (χ1v) is 5.83. The van der Waals surface area contributed by atoms with Crippen LogP contribution in [0, 0.1) is 11.8 Å². The first kappa shape index (κ1) is 10.4. The Hall–Kier alpha value is -1.10. The maximum absolute atomic E-state index is 10.7. The predicted molar refractivity (Wildman–Crippen MR) is 59.6 cm³/mol. The Morgan fingerprint density at radius 3 is 2.60 bits per heavy atom. The number of aromatic carboxylic acids is 1. The van der Waals surface area contributed by atoms with Crippen LogP contribution < -0.4 is 4.90 Å². The summed E-state index contributed by atoms with van der Waals surface area (Å²) in [5.74, 6) is 0.420. The highest BCUT2D eigenvalue weighted by Gasteiger charge is 2.28. The van der Waals surface area contributed by atoms with Gasteiger partial charge in [0.2, 0.25) is 0 Å². The van der Waals surface area contributed by atoms with Crippen LogP contribution in [0.25, 0.3) is 0 Å². The van der Waals surface area contributed by atoms with E-state index in [1.165, 1.54) is 17.5 Å². The van der Waals surface area contributed by atoms with E-state index in [-0.39, 0.29) is 0 Å². The normalized spacial score (nSPS) is 25.9. The molecule has 0 aromatic carbocycles. The summed E-state index contributed by atoms with van der Waals surface area (Å²) in [5.41, 5.74) is 0. The largest absolute Gasteiger partial charge is 0.477 e. The fourth-order valence-corrected chi connectivity index (χ4v) is 2.57. The van der Waals surface area contributed by atoms with Gasteiger partial charge in [-0.2, -0.15) is 0 Å². The molecular weight excluding hydrogens is 212 g/mol. The second-order valence-electron chi connectivity index (χ2n) is 4.17. The number of anilines is 1. The van der Waals surface area contributed by atoms with E-state index in [0.717, 1.165) is 18.2 Å². The average molecular weight is 226 g/mol. The summed E-state index contributed by atoms with van der Waals surface area (Å²) in [7, 11) is 0. The van der Waals surface area contributed by atoms with Crippen molar-refractivity contribution in [3.05, 3.63) is 11.1 Å². The van der Waals surface area contributed by atoms with Gasteiger partial charge in [0.25, 0.3) is 0 Å². The first-order valence-electron chi connectivity index (χ1n) is 5.02. The molecule has 1 aromatic heterocycles. The van der Waals surface area contributed by atoms with Crippen molar-refractivity contribution < 1.29 is 9.90 Å². The Balaban J connectivity index is 2.14. The van der Waals surface area contributed by atoms with E-state index in [1.54, 1.807) is 0 Å². The number of aromatic nitrogens is 1. The molecule has 2 rings (SSSR count). The maximum atomic E-state index is 10.7. The summed E-state index contributed by atoms with van der Waals surface area (Å²) >= 11 is 1.26. The lowest BCUT2D eigenvalue weighted by atomic mass is 10.0. The van der Waals surface area contributed by atoms with Gasteiger partial charge >= 0.3 is 5.97 Å². The molecule has 5 heteroatoms. The van der Waals surface area contributed by atoms with Gasteiger partial charge in [-0.25, -0.2) is 9.78 Å². The number of rotatable bonds is 2. The lowest BCUT2D eigenvalue weighted by Crippen LogP contribution is -2.18. The molecule has 0 aliphatic carbocycles. The van der Waals surface area contributed by atoms with Gasteiger partial charge < -0.3 is 10.0 Å². The minimum absolute atomic E-state index is 0.317. The number of carbonyl (C=O) groups is 1. The summed E-state index contributed by atoms with van der Waals surface area (Å²) < 4.78 is 0. The van der Waals surface area contributed by atoms with Crippen molar-refractivity contribution >= 4 is 22.4 Å². The fourth-order valence-electron chi connectivity index (χ4n) is 1.80. The van der Waals surface area contributed by atoms with Gasteiger partial charge in [-0.05, 0) is 11.8 Å². The zero-order valence-corrected chi connectivity index (χ0v) is 9.62. The SMILES string of the molecule is CC1CN(c2ncc(C(=O)O)s2)CC1C. The maximum Gasteiger partial charge on any atom is 0.347 e. The van der Waals surface area contributed by atoms with Gasteiger partial charge in [0.05, 0.1) is 6.20 Å². The summed E-state index contributed by atoms with van der Waals surface area (Å²) in [5, 5.41) is 9.63. The molecule has 0 amide bonds. The van der Waals surface area contributed by atoms with Crippen LogP contribution in [-0.2, 0) is 0 Å². The monoisotopic (exact) mass is 226 g/mol. The molecule has 2 atom stereocenters. The van der Waals surface area contributed by atoms with Crippen LogP contribution >= 0.6 is 11.3 Å². The molecule has 0 spiro atoms. The highest BCUT2D eigenvalue weighted by Crippen LogP contribution is 2.30. The molecule has 1 aliphatic rings. The second-order valence-corrected chi connectivity index (χ2v) is 5.18. The van der Waals surface area contributed by atoms with Crippen LogP contribution in [0.3, 0.4) is 0 Å². The molecule has 2 unspecified atom stereocenters. The van der Waals surface area contributed by atoms with Gasteiger partial charge in [-0.1, -0.05) is 25.2 Å². The average Bonchev–Trinajstić information content (AvgIpc) is 2.74. The molecule has 0 radical (unpaired) electrons. The molecule has 2 heterocycles. The van der Waals surface area contributed by atoms with Crippen molar-refractivity contribution in [1.82, 2.24) is 4.98 Å². The zero-order chi connectivity index (χ0) is 11.0. The Bertz CT molecular complexity index is 367. The van der Waals surface area contributed by atoms with Gasteiger partial charge in [0.1, 0.15) is 4.88 Å². The van der Waals surface area contributed by atoms with Gasteiger partial charge in [0, 0.05) is 13.1 Å². The molecule has 1 saturated heterocycles. The molecule has 82 valence electrons. The number of nitrogens with zero attached hydrogens (tertiary/aromatic N) is 2. The molecule has 4 nitrogen and oxygen atoms in total. The molecule has 1 aromatic rings. The minimum Gasteiger partial charge on any atom is -0.477 e.